The molecule has 2 aromatic heterocycles. The average Bonchev–Trinajstić information content (AvgIpc) is 3.31. The van der Waals surface area contributed by atoms with E-state index < -0.39 is 0 Å². The molecule has 0 saturated carbocycles. The summed E-state index contributed by atoms with van der Waals surface area (Å²) >= 11 is 12.6. The molecule has 0 aliphatic carbocycles. The van der Waals surface area contributed by atoms with Gasteiger partial charge in [-0.3, -0.25) is 19.8 Å². The molecule has 4 aromatic rings. The van der Waals surface area contributed by atoms with Gasteiger partial charge in [-0.2, -0.15) is 5.10 Å². The molecule has 1 aliphatic rings. The number of carbonyl (C=O) groups excluding carboxylic acids is 1. The molecule has 2 aromatic carbocycles. The minimum absolute atomic E-state index is 0.0694. The third-order valence-electron chi connectivity index (χ3n) is 6.88. The molecule has 37 heavy (non-hydrogen) atoms. The third-order valence-corrected chi connectivity index (χ3v) is 7.48. The summed E-state index contributed by atoms with van der Waals surface area (Å²) in [4.78, 5) is 21.4. The van der Waals surface area contributed by atoms with Crippen molar-refractivity contribution in [3.05, 3.63) is 76.0 Å². The van der Waals surface area contributed by atoms with Crippen LogP contribution in [-0.2, 0) is 0 Å². The van der Waals surface area contributed by atoms with E-state index in [1.807, 2.05) is 54.3 Å². The maximum atomic E-state index is 13.0. The van der Waals surface area contributed by atoms with Gasteiger partial charge < -0.3 is 9.64 Å². The summed E-state index contributed by atoms with van der Waals surface area (Å²) in [7, 11) is 0. The number of aromatic amines is 1. The van der Waals surface area contributed by atoms with Crippen LogP contribution in [0.15, 0.2) is 54.9 Å². The summed E-state index contributed by atoms with van der Waals surface area (Å²) in [6.07, 6.45) is 2.74. The van der Waals surface area contributed by atoms with Crippen molar-refractivity contribution in [2.24, 2.45) is 0 Å². The number of benzene rings is 2. The fraction of sp³-hybridized carbons (Fsp3) is 0.321. The number of aromatic nitrogens is 3. The van der Waals surface area contributed by atoms with E-state index in [0.29, 0.717) is 33.0 Å². The molecule has 0 bridgehead atoms. The second-order valence-electron chi connectivity index (χ2n) is 9.56. The molecule has 1 atom stereocenters. The number of carbonyl (C=O) groups is 1. The average molecular weight is 538 g/mol. The molecule has 3 heterocycles. The first-order valence-electron chi connectivity index (χ1n) is 12.4. The molecule has 0 radical (unpaired) electrons. The molecule has 1 unspecified atom stereocenters. The first kappa shape index (κ1) is 25.5. The summed E-state index contributed by atoms with van der Waals surface area (Å²) in [5.74, 6) is 0.735. The van der Waals surface area contributed by atoms with E-state index in [4.69, 9.17) is 27.9 Å². The highest BCUT2D eigenvalue weighted by atomic mass is 35.5. The predicted molar refractivity (Wildman–Crippen MR) is 147 cm³/mol. The van der Waals surface area contributed by atoms with Crippen molar-refractivity contribution < 1.29 is 9.53 Å². The lowest BCUT2D eigenvalue weighted by Crippen LogP contribution is -2.50. The summed E-state index contributed by atoms with van der Waals surface area (Å²) in [6.45, 7) is 9.59. The highest BCUT2D eigenvalue weighted by molar-refractivity contribution is 6.35. The van der Waals surface area contributed by atoms with Crippen LogP contribution in [0, 0.1) is 0 Å². The van der Waals surface area contributed by atoms with Gasteiger partial charge >= 0.3 is 0 Å². The van der Waals surface area contributed by atoms with Crippen LogP contribution >= 0.6 is 23.2 Å². The third kappa shape index (κ3) is 5.30. The van der Waals surface area contributed by atoms with Crippen molar-refractivity contribution in [1.82, 2.24) is 25.0 Å². The number of halogens is 2. The van der Waals surface area contributed by atoms with E-state index in [1.165, 1.54) is 0 Å². The standard InChI is InChI=1S/C28H29Cl2N5O2/c1-17(2)34-10-12-35(13-11-34)28(36)20-6-4-19(5-7-20)27-22-14-21(8-9-25(22)32-33-27)37-18(3)26-23(29)15-31-16-24(26)30/h4-9,14-18H,10-13H2,1-3H3,(H,32,33). The van der Waals surface area contributed by atoms with Crippen molar-refractivity contribution in [3.63, 3.8) is 0 Å². The molecule has 1 aliphatic heterocycles. The number of amides is 1. The number of rotatable bonds is 6. The number of piperazine rings is 1. The molecular weight excluding hydrogens is 509 g/mol. The molecule has 192 valence electrons. The quantitative estimate of drug-likeness (QED) is 0.315. The highest BCUT2D eigenvalue weighted by Gasteiger charge is 2.23. The number of H-pyrrole nitrogens is 1. The zero-order chi connectivity index (χ0) is 26.1. The molecular formula is C28H29Cl2N5O2. The number of hydrogen-bond donors (Lipinski definition) is 1. The number of hydrogen-bond acceptors (Lipinski definition) is 5. The Labute approximate surface area is 226 Å². The molecule has 7 nitrogen and oxygen atoms in total. The number of ether oxygens (including phenoxy) is 1. The Balaban J connectivity index is 1.34. The van der Waals surface area contributed by atoms with Crippen molar-refractivity contribution in [3.8, 4) is 17.0 Å². The maximum Gasteiger partial charge on any atom is 0.253 e. The first-order valence-corrected chi connectivity index (χ1v) is 13.1. The van der Waals surface area contributed by atoms with Gasteiger partial charge in [-0.25, -0.2) is 0 Å². The van der Waals surface area contributed by atoms with E-state index in [1.54, 1.807) is 12.4 Å². The Morgan fingerprint density at radius 1 is 0.973 bits per heavy atom. The van der Waals surface area contributed by atoms with Crippen molar-refractivity contribution >= 4 is 40.0 Å². The van der Waals surface area contributed by atoms with Crippen LogP contribution in [0.4, 0.5) is 0 Å². The van der Waals surface area contributed by atoms with Crippen LogP contribution in [0.5, 0.6) is 5.75 Å². The van der Waals surface area contributed by atoms with Crippen LogP contribution in [0.1, 0.15) is 42.8 Å². The minimum Gasteiger partial charge on any atom is -0.486 e. The Bertz CT molecular complexity index is 1390. The fourth-order valence-electron chi connectivity index (χ4n) is 4.75. The lowest BCUT2D eigenvalue weighted by atomic mass is 10.0. The second-order valence-corrected chi connectivity index (χ2v) is 10.4. The lowest BCUT2D eigenvalue weighted by Gasteiger charge is -2.37. The van der Waals surface area contributed by atoms with Crippen LogP contribution in [0.3, 0.4) is 0 Å². The molecule has 1 saturated heterocycles. The fourth-order valence-corrected chi connectivity index (χ4v) is 5.43. The number of pyridine rings is 1. The van der Waals surface area contributed by atoms with E-state index in [2.05, 4.69) is 33.9 Å². The predicted octanol–water partition coefficient (Wildman–Crippen LogP) is 6.24. The molecule has 1 N–H and O–H groups in total. The monoisotopic (exact) mass is 537 g/mol. The molecule has 1 amide bonds. The normalized spacial score (nSPS) is 15.4. The molecule has 1 fully saturated rings. The van der Waals surface area contributed by atoms with Crippen molar-refractivity contribution in [2.45, 2.75) is 32.9 Å². The van der Waals surface area contributed by atoms with Crippen LogP contribution < -0.4 is 4.74 Å². The highest BCUT2D eigenvalue weighted by Crippen LogP contribution is 2.35. The van der Waals surface area contributed by atoms with E-state index in [0.717, 1.165) is 48.3 Å². The number of nitrogens with one attached hydrogen (secondary N) is 1. The van der Waals surface area contributed by atoms with Gasteiger partial charge in [-0.05, 0) is 51.1 Å². The maximum absolute atomic E-state index is 13.0. The Morgan fingerprint density at radius 3 is 2.30 bits per heavy atom. The van der Waals surface area contributed by atoms with Gasteiger partial charge in [0.05, 0.1) is 15.6 Å². The SMILES string of the molecule is CC(Oc1ccc2[nH]nc(-c3ccc(C(=O)N4CCN(C(C)C)CC4)cc3)c2c1)c1c(Cl)cncc1Cl. The van der Waals surface area contributed by atoms with E-state index >= 15 is 0 Å². The first-order chi connectivity index (χ1) is 17.8. The van der Waals surface area contributed by atoms with Gasteiger partial charge in [-0.1, -0.05) is 35.3 Å². The zero-order valence-corrected chi connectivity index (χ0v) is 22.6. The molecule has 5 rings (SSSR count). The van der Waals surface area contributed by atoms with Crippen LogP contribution in [0.25, 0.3) is 22.2 Å². The Hall–Kier alpha value is -3.13. The van der Waals surface area contributed by atoms with E-state index in [9.17, 15) is 4.79 Å². The summed E-state index contributed by atoms with van der Waals surface area (Å²) < 4.78 is 6.18. The van der Waals surface area contributed by atoms with E-state index in [-0.39, 0.29) is 12.0 Å². The molecule has 0 spiro atoms. The smallest absolute Gasteiger partial charge is 0.253 e. The summed E-state index contributed by atoms with van der Waals surface area (Å²) in [6, 6.07) is 13.9. The van der Waals surface area contributed by atoms with Gasteiger partial charge in [-0.15, -0.1) is 0 Å². The topological polar surface area (TPSA) is 74.3 Å². The van der Waals surface area contributed by atoms with Crippen molar-refractivity contribution in [2.75, 3.05) is 26.2 Å². The van der Waals surface area contributed by atoms with Crippen LogP contribution in [0.2, 0.25) is 10.0 Å². The summed E-state index contributed by atoms with van der Waals surface area (Å²) in [5.41, 5.74) is 3.97. The van der Waals surface area contributed by atoms with Gasteiger partial charge in [0.1, 0.15) is 17.5 Å². The Morgan fingerprint density at radius 2 is 1.65 bits per heavy atom. The van der Waals surface area contributed by atoms with Gasteiger partial charge in [0.15, 0.2) is 0 Å². The van der Waals surface area contributed by atoms with Gasteiger partial charge in [0.2, 0.25) is 0 Å². The van der Waals surface area contributed by atoms with Crippen molar-refractivity contribution in [1.29, 1.82) is 0 Å². The van der Waals surface area contributed by atoms with Gasteiger partial charge in [0, 0.05) is 66.7 Å². The second kappa shape index (κ2) is 10.7. The molecule has 9 heteroatoms. The minimum atomic E-state index is -0.372. The number of nitrogens with zero attached hydrogens (tertiary/aromatic N) is 4. The van der Waals surface area contributed by atoms with Gasteiger partial charge in [0.25, 0.3) is 5.91 Å². The number of fused-ring (bicyclic) bond motifs is 1. The lowest BCUT2D eigenvalue weighted by molar-refractivity contribution is 0.0595. The Kier molecular flexibility index (Phi) is 7.38. The zero-order valence-electron chi connectivity index (χ0n) is 21.0. The summed E-state index contributed by atoms with van der Waals surface area (Å²) in [5, 5.41) is 9.45. The van der Waals surface area contributed by atoms with Crippen LogP contribution in [-0.4, -0.2) is 63.1 Å². The largest absolute Gasteiger partial charge is 0.486 e.